The zero-order chi connectivity index (χ0) is 11.6. The Bertz CT molecular complexity index is 508. The van der Waals surface area contributed by atoms with Crippen molar-refractivity contribution >= 4 is 15.6 Å². The normalized spacial score (nSPS) is 11.2. The van der Waals surface area contributed by atoms with E-state index in [-0.39, 0.29) is 5.56 Å². The lowest BCUT2D eigenvalue weighted by Crippen LogP contribution is -2.03. The first kappa shape index (κ1) is 11.8. The highest BCUT2D eigenvalue weighted by Gasteiger charge is 2.09. The third-order valence-electron chi connectivity index (χ3n) is 1.72. The van der Waals surface area contributed by atoms with E-state index >= 15 is 0 Å². The fourth-order valence-electron chi connectivity index (χ4n) is 1.12. The zero-order valence-corrected chi connectivity index (χ0v) is 9.60. The van der Waals surface area contributed by atoms with Crippen molar-refractivity contribution in [2.24, 2.45) is 4.36 Å². The van der Waals surface area contributed by atoms with Crippen LogP contribution in [0.25, 0.3) is 0 Å². The molecular weight excluding hydrogens is 217 g/mol. The first-order valence-electron chi connectivity index (χ1n) is 4.27. The predicted molar refractivity (Wildman–Crippen MR) is 57.9 cm³/mol. The van der Waals surface area contributed by atoms with Crippen molar-refractivity contribution in [3.8, 4) is 0 Å². The highest BCUT2D eigenvalue weighted by molar-refractivity contribution is 7.92. The maximum Gasteiger partial charge on any atom is 0.285 e. The van der Waals surface area contributed by atoms with Crippen molar-refractivity contribution in [3.63, 3.8) is 0 Å². The number of carbonyl (C=O) groups is 1. The second-order valence-electron chi connectivity index (χ2n) is 3.54. The van der Waals surface area contributed by atoms with Crippen LogP contribution in [0, 0.1) is 12.7 Å². The van der Waals surface area contributed by atoms with Gasteiger partial charge in [-0.3, -0.25) is 4.79 Å². The number of amides is 1. The van der Waals surface area contributed by atoms with E-state index in [4.69, 9.17) is 0 Å². The number of nitrogens with zero attached hydrogens (tertiary/aromatic N) is 1. The second-order valence-corrected chi connectivity index (χ2v) is 6.08. The van der Waals surface area contributed by atoms with E-state index in [1.807, 2.05) is 0 Å². The van der Waals surface area contributed by atoms with Crippen LogP contribution in [0.2, 0.25) is 0 Å². The summed E-state index contributed by atoms with van der Waals surface area (Å²) in [4.78, 5) is 11.5. The summed E-state index contributed by atoms with van der Waals surface area (Å²) in [5, 5.41) is 0. The summed E-state index contributed by atoms with van der Waals surface area (Å²) < 4.78 is 27.6. The van der Waals surface area contributed by atoms with Crippen LogP contribution in [-0.2, 0) is 9.73 Å². The Labute approximate surface area is 88.5 Å². The minimum absolute atomic E-state index is 0.285. The molecule has 5 heteroatoms. The smallest absolute Gasteiger partial charge is 0.266 e. The predicted octanol–water partition coefficient (Wildman–Crippen LogP) is 2.00. The van der Waals surface area contributed by atoms with Gasteiger partial charge in [0.2, 0.25) is 0 Å². The van der Waals surface area contributed by atoms with Gasteiger partial charge in [-0.15, -0.1) is 0 Å². The summed E-state index contributed by atoms with van der Waals surface area (Å²) in [6.07, 6.45) is 2.76. The molecule has 0 aliphatic rings. The molecule has 1 aromatic rings. The molecule has 0 aromatic heterocycles. The number of aryl methyl sites for hydroxylation is 1. The van der Waals surface area contributed by atoms with Gasteiger partial charge in [0, 0.05) is 27.8 Å². The van der Waals surface area contributed by atoms with Gasteiger partial charge in [0.05, 0.1) is 0 Å². The van der Waals surface area contributed by atoms with Gasteiger partial charge in [-0.2, -0.15) is 4.36 Å². The fourth-order valence-corrected chi connectivity index (χ4v) is 1.61. The van der Waals surface area contributed by atoms with Gasteiger partial charge in [-0.1, -0.05) is 0 Å². The van der Waals surface area contributed by atoms with Gasteiger partial charge >= 0.3 is 0 Å². The Morgan fingerprint density at radius 1 is 1.40 bits per heavy atom. The lowest BCUT2D eigenvalue weighted by Gasteiger charge is -2.01. The molecule has 0 saturated heterocycles. The number of halogens is 1. The zero-order valence-electron chi connectivity index (χ0n) is 8.78. The molecule has 82 valence electrons. The van der Waals surface area contributed by atoms with Crippen LogP contribution < -0.4 is 0 Å². The van der Waals surface area contributed by atoms with E-state index in [9.17, 15) is 13.4 Å². The number of hydrogen-bond donors (Lipinski definition) is 0. The summed E-state index contributed by atoms with van der Waals surface area (Å²) in [5.41, 5.74) is 0.778. The average molecular weight is 229 g/mol. The molecule has 0 fully saturated rings. The Kier molecular flexibility index (Phi) is 3.24. The van der Waals surface area contributed by atoms with E-state index in [0.29, 0.717) is 5.56 Å². The lowest BCUT2D eigenvalue weighted by atomic mass is 10.1. The highest BCUT2D eigenvalue weighted by Crippen LogP contribution is 2.11. The van der Waals surface area contributed by atoms with Crippen molar-refractivity contribution in [1.82, 2.24) is 0 Å². The van der Waals surface area contributed by atoms with Gasteiger partial charge in [-0.25, -0.2) is 8.60 Å². The van der Waals surface area contributed by atoms with E-state index in [1.165, 1.54) is 30.7 Å². The minimum Gasteiger partial charge on any atom is -0.266 e. The van der Waals surface area contributed by atoms with Crippen LogP contribution in [0.1, 0.15) is 15.9 Å². The first-order valence-corrected chi connectivity index (χ1v) is 6.60. The number of rotatable bonds is 1. The van der Waals surface area contributed by atoms with Crippen molar-refractivity contribution in [2.75, 3.05) is 12.5 Å². The second kappa shape index (κ2) is 4.10. The minimum atomic E-state index is -2.47. The summed E-state index contributed by atoms with van der Waals surface area (Å²) in [5.74, 6) is -0.972. The van der Waals surface area contributed by atoms with Crippen LogP contribution >= 0.6 is 0 Å². The fraction of sp³-hybridized carbons (Fsp3) is 0.300. The molecular formula is C10H12FNO2S. The van der Waals surface area contributed by atoms with Gasteiger partial charge in [-0.05, 0) is 30.7 Å². The third-order valence-corrected chi connectivity index (χ3v) is 2.33. The molecule has 0 bridgehead atoms. The van der Waals surface area contributed by atoms with Crippen molar-refractivity contribution in [3.05, 3.63) is 35.1 Å². The maximum absolute atomic E-state index is 12.8. The Hall–Kier alpha value is -1.23. The summed E-state index contributed by atoms with van der Waals surface area (Å²) in [6.45, 7) is 1.61. The summed E-state index contributed by atoms with van der Waals surface area (Å²) >= 11 is 0. The quantitative estimate of drug-likeness (QED) is 0.739. The molecule has 15 heavy (non-hydrogen) atoms. The third kappa shape index (κ3) is 3.43. The van der Waals surface area contributed by atoms with Gasteiger partial charge in [0.25, 0.3) is 5.91 Å². The van der Waals surface area contributed by atoms with Crippen LogP contribution in [0.15, 0.2) is 22.6 Å². The highest BCUT2D eigenvalue weighted by atomic mass is 32.2. The molecule has 0 heterocycles. The first-order chi connectivity index (χ1) is 6.79. The van der Waals surface area contributed by atoms with Crippen LogP contribution in [0.4, 0.5) is 4.39 Å². The molecule has 0 spiro atoms. The molecule has 0 N–H and O–H groups in total. The van der Waals surface area contributed by atoms with Gasteiger partial charge in [0.1, 0.15) is 5.82 Å². The lowest BCUT2D eigenvalue weighted by molar-refractivity contribution is 0.100. The summed E-state index contributed by atoms with van der Waals surface area (Å²) in [6, 6.07) is 3.78. The van der Waals surface area contributed by atoms with E-state index in [2.05, 4.69) is 4.36 Å². The SMILES string of the molecule is Cc1cc(F)ccc1C(=O)N=S(C)(C)=O. The largest absolute Gasteiger partial charge is 0.285 e. The molecule has 0 atom stereocenters. The topological polar surface area (TPSA) is 46.5 Å². The molecule has 1 amide bonds. The Balaban J connectivity index is 3.20. The monoisotopic (exact) mass is 229 g/mol. The molecule has 3 nitrogen and oxygen atoms in total. The van der Waals surface area contributed by atoms with Crippen LogP contribution in [0.5, 0.6) is 0 Å². The number of carbonyl (C=O) groups excluding carboxylic acids is 1. The van der Waals surface area contributed by atoms with Gasteiger partial charge < -0.3 is 0 Å². The molecule has 1 aromatic carbocycles. The summed E-state index contributed by atoms with van der Waals surface area (Å²) in [7, 11) is -2.47. The van der Waals surface area contributed by atoms with Crippen molar-refractivity contribution < 1.29 is 13.4 Å². The standard InChI is InChI=1S/C10H12FNO2S/c1-7-6-8(11)4-5-9(7)10(13)12-15(2,3)14/h4-6H,1-3H3. The number of hydrogen-bond acceptors (Lipinski definition) is 2. The average Bonchev–Trinajstić information content (AvgIpc) is 1.99. The van der Waals surface area contributed by atoms with E-state index in [0.717, 1.165) is 0 Å². The van der Waals surface area contributed by atoms with Crippen LogP contribution in [0.3, 0.4) is 0 Å². The Morgan fingerprint density at radius 2 is 2.00 bits per heavy atom. The number of benzene rings is 1. The Morgan fingerprint density at radius 3 is 2.47 bits per heavy atom. The molecule has 0 radical (unpaired) electrons. The van der Waals surface area contributed by atoms with Gasteiger partial charge in [0.15, 0.2) is 0 Å². The molecule has 0 aliphatic carbocycles. The molecule has 1 rings (SSSR count). The maximum atomic E-state index is 12.8. The van der Waals surface area contributed by atoms with Crippen molar-refractivity contribution in [1.29, 1.82) is 0 Å². The molecule has 0 saturated carbocycles. The van der Waals surface area contributed by atoms with E-state index < -0.39 is 21.5 Å². The van der Waals surface area contributed by atoms with E-state index in [1.54, 1.807) is 6.92 Å². The van der Waals surface area contributed by atoms with Crippen LogP contribution in [-0.4, -0.2) is 22.6 Å². The molecule has 0 unspecified atom stereocenters. The molecule has 0 aliphatic heterocycles. The van der Waals surface area contributed by atoms with Crippen molar-refractivity contribution in [2.45, 2.75) is 6.92 Å².